The van der Waals surface area contributed by atoms with Crippen molar-refractivity contribution in [1.82, 2.24) is 0 Å². The van der Waals surface area contributed by atoms with Crippen LogP contribution in [-0.4, -0.2) is 6.10 Å². The Hall–Kier alpha value is 0.460. The summed E-state index contributed by atoms with van der Waals surface area (Å²) in [4.78, 5) is 0. The van der Waals surface area contributed by atoms with Gasteiger partial charge in [0.15, 0.2) is 0 Å². The fourth-order valence-electron chi connectivity index (χ4n) is 0.729. The smallest absolute Gasteiger partial charge is 0.225 e. The molecule has 5 heteroatoms. The third kappa shape index (κ3) is 6.84. The van der Waals surface area contributed by atoms with Gasteiger partial charge in [-0.15, -0.1) is 0 Å². The zero-order valence-corrected chi connectivity index (χ0v) is 8.66. The maximum absolute atomic E-state index is 8.37. The molecule has 0 aromatic heterocycles. The zero-order chi connectivity index (χ0) is 8.69. The van der Waals surface area contributed by atoms with Crippen LogP contribution in [0, 0.1) is 11.3 Å². The highest BCUT2D eigenvalue weighted by molar-refractivity contribution is 8.00. The average Bonchev–Trinajstić information content (AvgIpc) is 1.87. The van der Waals surface area contributed by atoms with Gasteiger partial charge in [-0.2, -0.15) is 5.26 Å². The summed E-state index contributed by atoms with van der Waals surface area (Å²) in [5.41, 5.74) is 0. The van der Waals surface area contributed by atoms with Gasteiger partial charge in [-0.05, 0) is 28.9 Å². The van der Waals surface area contributed by atoms with E-state index in [4.69, 9.17) is 32.3 Å². The highest BCUT2D eigenvalue weighted by atomic mass is 35.9. The Morgan fingerprint density at radius 2 is 2.27 bits per heavy atom. The molecule has 11 heavy (non-hydrogen) atoms. The third-order valence-electron chi connectivity index (χ3n) is 1.16. The number of hydrogen-bond acceptors (Lipinski definition) is 2. The lowest BCUT2D eigenvalue weighted by Crippen LogP contribution is -2.06. The number of halogens is 2. The summed E-state index contributed by atoms with van der Waals surface area (Å²) in [6.07, 6.45) is 2.09. The number of hydrogen-bond donors (Lipinski definition) is 0. The fourth-order valence-corrected chi connectivity index (χ4v) is 1.81. The molecule has 0 saturated carbocycles. The lowest BCUT2D eigenvalue weighted by Gasteiger charge is -2.12. The Morgan fingerprint density at radius 1 is 1.64 bits per heavy atom. The van der Waals surface area contributed by atoms with Gasteiger partial charge in [-0.3, -0.25) is 0 Å². The molecule has 0 saturated heterocycles. The predicted molar refractivity (Wildman–Crippen MR) is 48.6 cm³/mol. The van der Waals surface area contributed by atoms with Crippen molar-refractivity contribution in [3.05, 3.63) is 0 Å². The number of nitriles is 1. The van der Waals surface area contributed by atoms with Crippen LogP contribution in [0.5, 0.6) is 0 Å². The van der Waals surface area contributed by atoms with E-state index < -0.39 is 6.85 Å². The normalized spacial score (nSPS) is 13.0. The molecule has 0 aliphatic carbocycles. The SMILES string of the molecule is CCCC(CC#N)OP(Cl)Cl. The summed E-state index contributed by atoms with van der Waals surface area (Å²) in [7, 11) is 0. The molecule has 0 aliphatic rings. The molecule has 0 fully saturated rings. The van der Waals surface area contributed by atoms with Crippen LogP contribution in [0.2, 0.25) is 0 Å². The van der Waals surface area contributed by atoms with Crippen molar-refractivity contribution in [3.8, 4) is 6.07 Å². The molecule has 0 amide bonds. The van der Waals surface area contributed by atoms with Gasteiger partial charge in [-0.1, -0.05) is 13.3 Å². The van der Waals surface area contributed by atoms with Crippen LogP contribution in [0.25, 0.3) is 0 Å². The van der Waals surface area contributed by atoms with Gasteiger partial charge in [0.05, 0.1) is 18.6 Å². The highest BCUT2D eigenvalue weighted by Gasteiger charge is 2.11. The second-order valence-electron chi connectivity index (χ2n) is 2.08. The van der Waals surface area contributed by atoms with Crippen molar-refractivity contribution in [1.29, 1.82) is 5.26 Å². The molecule has 0 aromatic rings. The van der Waals surface area contributed by atoms with Gasteiger partial charge in [0.25, 0.3) is 0 Å². The molecule has 64 valence electrons. The van der Waals surface area contributed by atoms with Gasteiger partial charge >= 0.3 is 0 Å². The van der Waals surface area contributed by atoms with Crippen LogP contribution in [0.3, 0.4) is 0 Å². The maximum Gasteiger partial charge on any atom is 0.225 e. The lowest BCUT2D eigenvalue weighted by atomic mass is 10.2. The first kappa shape index (κ1) is 11.5. The van der Waals surface area contributed by atoms with Gasteiger partial charge < -0.3 is 4.52 Å². The molecule has 2 nitrogen and oxygen atoms in total. The van der Waals surface area contributed by atoms with Gasteiger partial charge in [0, 0.05) is 0 Å². The Morgan fingerprint density at radius 3 is 2.64 bits per heavy atom. The minimum absolute atomic E-state index is 0.0916. The van der Waals surface area contributed by atoms with E-state index in [9.17, 15) is 0 Å². The first-order valence-electron chi connectivity index (χ1n) is 3.36. The van der Waals surface area contributed by atoms with Gasteiger partial charge in [0.2, 0.25) is 6.85 Å². The second-order valence-corrected chi connectivity index (χ2v) is 5.06. The van der Waals surface area contributed by atoms with Crippen LogP contribution in [0.15, 0.2) is 0 Å². The van der Waals surface area contributed by atoms with Crippen molar-refractivity contribution >= 4 is 29.3 Å². The topological polar surface area (TPSA) is 33.0 Å². The Bertz CT molecular complexity index is 137. The first-order valence-corrected chi connectivity index (χ1v) is 6.43. The van der Waals surface area contributed by atoms with Crippen molar-refractivity contribution in [2.24, 2.45) is 0 Å². The van der Waals surface area contributed by atoms with E-state index in [2.05, 4.69) is 0 Å². The zero-order valence-electron chi connectivity index (χ0n) is 6.26. The summed E-state index contributed by atoms with van der Waals surface area (Å²) in [5, 5.41) is 8.37. The minimum Gasteiger partial charge on any atom is -0.327 e. The summed E-state index contributed by atoms with van der Waals surface area (Å²) >= 11 is 10.9. The highest BCUT2D eigenvalue weighted by Crippen LogP contribution is 2.49. The monoisotopic (exact) mass is 213 g/mol. The standard InChI is InChI=1S/C6H10Cl2NOP/c1-2-3-6(4-5-9)10-11(7)8/h6H,2-4H2,1H3. The molecule has 0 bridgehead atoms. The Kier molecular flexibility index (Phi) is 7.43. The second kappa shape index (κ2) is 7.13. The number of nitrogens with zero attached hydrogens (tertiary/aromatic N) is 1. The maximum atomic E-state index is 8.37. The quantitative estimate of drug-likeness (QED) is 0.652. The van der Waals surface area contributed by atoms with Crippen LogP contribution >= 0.6 is 29.3 Å². The molecular formula is C6H10Cl2NOP. The van der Waals surface area contributed by atoms with Crippen LogP contribution in [0.1, 0.15) is 26.2 Å². The minimum atomic E-state index is -1.37. The molecule has 0 N–H and O–H groups in total. The fraction of sp³-hybridized carbons (Fsp3) is 0.833. The van der Waals surface area contributed by atoms with E-state index in [0.717, 1.165) is 12.8 Å². The van der Waals surface area contributed by atoms with Crippen molar-refractivity contribution in [2.75, 3.05) is 0 Å². The van der Waals surface area contributed by atoms with Gasteiger partial charge in [-0.25, -0.2) is 0 Å². The third-order valence-corrected chi connectivity index (χ3v) is 2.09. The summed E-state index contributed by atoms with van der Waals surface area (Å²) in [6.45, 7) is 0.657. The van der Waals surface area contributed by atoms with Gasteiger partial charge in [0.1, 0.15) is 0 Å². The summed E-state index contributed by atoms with van der Waals surface area (Å²) < 4.78 is 5.10. The van der Waals surface area contributed by atoms with E-state index in [1.54, 1.807) is 0 Å². The molecular weight excluding hydrogens is 204 g/mol. The van der Waals surface area contributed by atoms with Crippen LogP contribution in [0.4, 0.5) is 0 Å². The molecule has 1 atom stereocenters. The van der Waals surface area contributed by atoms with Crippen molar-refractivity contribution in [3.63, 3.8) is 0 Å². The van der Waals surface area contributed by atoms with E-state index in [1.807, 2.05) is 13.0 Å². The van der Waals surface area contributed by atoms with Crippen LogP contribution in [-0.2, 0) is 4.52 Å². The Labute approximate surface area is 77.8 Å². The average molecular weight is 214 g/mol. The Balaban J connectivity index is 3.61. The molecule has 0 aliphatic heterocycles. The summed E-state index contributed by atoms with van der Waals surface area (Å²) in [5.74, 6) is 0. The van der Waals surface area contributed by atoms with Crippen molar-refractivity contribution < 1.29 is 4.52 Å². The van der Waals surface area contributed by atoms with E-state index in [-0.39, 0.29) is 6.10 Å². The molecule has 0 spiro atoms. The van der Waals surface area contributed by atoms with Crippen LogP contribution < -0.4 is 0 Å². The van der Waals surface area contributed by atoms with Crippen molar-refractivity contribution in [2.45, 2.75) is 32.3 Å². The largest absolute Gasteiger partial charge is 0.327 e. The van der Waals surface area contributed by atoms with E-state index in [1.165, 1.54) is 0 Å². The summed E-state index contributed by atoms with van der Waals surface area (Å²) in [6, 6.07) is 2.03. The first-order chi connectivity index (χ1) is 5.20. The molecule has 0 rings (SSSR count). The molecule has 0 radical (unpaired) electrons. The predicted octanol–water partition coefficient (Wildman–Crippen LogP) is 3.79. The number of rotatable bonds is 5. The van der Waals surface area contributed by atoms with E-state index >= 15 is 0 Å². The molecule has 0 aromatic carbocycles. The molecule has 1 unspecified atom stereocenters. The van der Waals surface area contributed by atoms with E-state index in [0.29, 0.717) is 6.42 Å². The lowest BCUT2D eigenvalue weighted by molar-refractivity contribution is 0.227. The molecule has 0 heterocycles.